The van der Waals surface area contributed by atoms with Gasteiger partial charge in [-0.25, -0.2) is 18.3 Å². The molecule has 0 unspecified atom stereocenters. The molecule has 6 nitrogen and oxygen atoms in total. The fourth-order valence-electron chi connectivity index (χ4n) is 3.24. The number of urea groups is 1. The normalized spacial score (nSPS) is 20.2. The van der Waals surface area contributed by atoms with Gasteiger partial charge in [0.25, 0.3) is 5.91 Å². The summed E-state index contributed by atoms with van der Waals surface area (Å²) in [6.45, 7) is 0.640. The van der Waals surface area contributed by atoms with E-state index in [0.29, 0.717) is 18.7 Å². The number of aromatic nitrogens is 2. The Hall–Kier alpha value is -2.77. The quantitative estimate of drug-likeness (QED) is 0.809. The zero-order chi connectivity index (χ0) is 16.8. The first-order valence-electron chi connectivity index (χ1n) is 7.66. The lowest BCUT2D eigenvalue weighted by Gasteiger charge is -2.14. The highest BCUT2D eigenvalue weighted by Crippen LogP contribution is 2.28. The molecular formula is C16H14F2N4O2. The lowest BCUT2D eigenvalue weighted by atomic mass is 10.2. The average molecular weight is 332 g/mol. The fourth-order valence-corrected chi connectivity index (χ4v) is 3.24. The van der Waals surface area contributed by atoms with Crippen molar-refractivity contribution in [1.29, 1.82) is 0 Å². The van der Waals surface area contributed by atoms with Crippen LogP contribution in [0.2, 0.25) is 0 Å². The summed E-state index contributed by atoms with van der Waals surface area (Å²) in [5.41, 5.74) is 0.559. The number of imide groups is 1. The minimum absolute atomic E-state index is 0.0421. The molecule has 2 aromatic rings. The number of carbonyl (C=O) groups excluding carboxylic acids is 2. The largest absolute Gasteiger partial charge is 0.327 e. The Morgan fingerprint density at radius 3 is 2.79 bits per heavy atom. The van der Waals surface area contributed by atoms with E-state index in [1.54, 1.807) is 11.0 Å². The van der Waals surface area contributed by atoms with Crippen molar-refractivity contribution in [3.8, 4) is 5.69 Å². The Morgan fingerprint density at radius 2 is 2.04 bits per heavy atom. The third-order valence-electron chi connectivity index (χ3n) is 4.40. The predicted octanol–water partition coefficient (Wildman–Crippen LogP) is 2.08. The molecule has 1 atom stereocenters. The van der Waals surface area contributed by atoms with E-state index in [-0.39, 0.29) is 30.2 Å². The molecule has 1 aromatic heterocycles. The standard InChI is InChI=1S/C16H14F2N4O2/c17-10-3-4-13(12(18)8-10)22-7-5-11(19-22)9-21-15(23)14-2-1-6-20(14)16(21)24/h3-5,7-8,14H,1-2,6,9H2/t14-/m0/s1. The first-order valence-corrected chi connectivity index (χ1v) is 7.66. The number of rotatable bonds is 3. The summed E-state index contributed by atoms with van der Waals surface area (Å²) >= 11 is 0. The molecule has 0 spiro atoms. The monoisotopic (exact) mass is 332 g/mol. The SMILES string of the molecule is O=C1[C@@H]2CCCN2C(=O)N1Cc1ccn(-c2ccc(F)cc2F)n1. The molecule has 2 aliphatic heterocycles. The number of halogens is 2. The van der Waals surface area contributed by atoms with Crippen molar-refractivity contribution in [3.05, 3.63) is 47.8 Å². The molecule has 0 N–H and O–H groups in total. The molecule has 24 heavy (non-hydrogen) atoms. The Bertz CT molecular complexity index is 813. The summed E-state index contributed by atoms with van der Waals surface area (Å²) in [6, 6.07) is 4.15. The summed E-state index contributed by atoms with van der Waals surface area (Å²) in [5, 5.41) is 4.19. The van der Waals surface area contributed by atoms with Crippen molar-refractivity contribution in [1.82, 2.24) is 19.6 Å². The van der Waals surface area contributed by atoms with Crippen molar-refractivity contribution in [2.45, 2.75) is 25.4 Å². The van der Waals surface area contributed by atoms with E-state index in [4.69, 9.17) is 0 Å². The highest BCUT2D eigenvalue weighted by molar-refractivity contribution is 6.04. The number of hydrogen-bond acceptors (Lipinski definition) is 3. The zero-order valence-corrected chi connectivity index (χ0v) is 12.7. The van der Waals surface area contributed by atoms with Crippen LogP contribution < -0.4 is 0 Å². The first-order chi connectivity index (χ1) is 11.5. The highest BCUT2D eigenvalue weighted by Gasteiger charge is 2.47. The van der Waals surface area contributed by atoms with E-state index in [1.165, 1.54) is 21.8 Å². The van der Waals surface area contributed by atoms with Gasteiger partial charge in [0, 0.05) is 18.8 Å². The third-order valence-corrected chi connectivity index (χ3v) is 4.40. The summed E-state index contributed by atoms with van der Waals surface area (Å²) in [7, 11) is 0. The van der Waals surface area contributed by atoms with Gasteiger partial charge in [-0.1, -0.05) is 0 Å². The van der Waals surface area contributed by atoms with Gasteiger partial charge in [-0.05, 0) is 31.0 Å². The lowest BCUT2D eigenvalue weighted by molar-refractivity contribution is -0.128. The zero-order valence-electron chi connectivity index (χ0n) is 12.7. The van der Waals surface area contributed by atoms with Crippen LogP contribution in [0.5, 0.6) is 0 Å². The third kappa shape index (κ3) is 2.26. The van der Waals surface area contributed by atoms with Gasteiger partial charge < -0.3 is 4.90 Å². The summed E-state index contributed by atoms with van der Waals surface area (Å²) in [6.07, 6.45) is 3.04. The van der Waals surface area contributed by atoms with Crippen LogP contribution in [0.3, 0.4) is 0 Å². The number of hydrogen-bond donors (Lipinski definition) is 0. The maximum Gasteiger partial charge on any atom is 0.327 e. The predicted molar refractivity (Wildman–Crippen MR) is 79.2 cm³/mol. The molecule has 124 valence electrons. The van der Waals surface area contributed by atoms with E-state index in [9.17, 15) is 18.4 Å². The second kappa shape index (κ2) is 5.40. The van der Waals surface area contributed by atoms with E-state index in [0.717, 1.165) is 18.6 Å². The summed E-state index contributed by atoms with van der Waals surface area (Å²) in [5.74, 6) is -1.61. The van der Waals surface area contributed by atoms with Crippen LogP contribution in [0.1, 0.15) is 18.5 Å². The molecule has 0 aliphatic carbocycles. The van der Waals surface area contributed by atoms with Gasteiger partial charge >= 0.3 is 6.03 Å². The van der Waals surface area contributed by atoms with Gasteiger partial charge in [0.15, 0.2) is 5.82 Å². The Labute approximate surface area is 136 Å². The van der Waals surface area contributed by atoms with E-state index in [2.05, 4.69) is 5.10 Å². The number of carbonyl (C=O) groups is 2. The summed E-state index contributed by atoms with van der Waals surface area (Å²) < 4.78 is 28.0. The van der Waals surface area contributed by atoms with Crippen molar-refractivity contribution >= 4 is 11.9 Å². The molecule has 1 aromatic carbocycles. The number of benzene rings is 1. The van der Waals surface area contributed by atoms with Crippen molar-refractivity contribution < 1.29 is 18.4 Å². The second-order valence-electron chi connectivity index (χ2n) is 5.91. The molecular weight excluding hydrogens is 318 g/mol. The molecule has 2 aliphatic rings. The van der Waals surface area contributed by atoms with E-state index in [1.807, 2.05) is 0 Å². The van der Waals surface area contributed by atoms with Crippen LogP contribution in [-0.2, 0) is 11.3 Å². The molecule has 0 radical (unpaired) electrons. The van der Waals surface area contributed by atoms with Gasteiger partial charge in [0.2, 0.25) is 0 Å². The van der Waals surface area contributed by atoms with Crippen molar-refractivity contribution in [3.63, 3.8) is 0 Å². The maximum atomic E-state index is 13.8. The maximum absolute atomic E-state index is 13.8. The molecule has 0 bridgehead atoms. The van der Waals surface area contributed by atoms with E-state index >= 15 is 0 Å². The van der Waals surface area contributed by atoms with Crippen LogP contribution in [0, 0.1) is 11.6 Å². The van der Waals surface area contributed by atoms with Crippen LogP contribution in [-0.4, -0.2) is 44.1 Å². The average Bonchev–Trinajstić information content (AvgIpc) is 3.24. The van der Waals surface area contributed by atoms with Crippen LogP contribution in [0.25, 0.3) is 5.69 Å². The van der Waals surface area contributed by atoms with Gasteiger partial charge in [-0.3, -0.25) is 9.69 Å². The number of fused-ring (bicyclic) bond motifs is 1. The van der Waals surface area contributed by atoms with Crippen LogP contribution in [0.15, 0.2) is 30.5 Å². The molecule has 0 saturated carbocycles. The Kier molecular flexibility index (Phi) is 3.33. The van der Waals surface area contributed by atoms with Gasteiger partial charge in [-0.15, -0.1) is 0 Å². The minimum Gasteiger partial charge on any atom is -0.312 e. The molecule has 8 heteroatoms. The topological polar surface area (TPSA) is 58.4 Å². The van der Waals surface area contributed by atoms with Gasteiger partial charge in [-0.2, -0.15) is 5.10 Å². The van der Waals surface area contributed by atoms with Gasteiger partial charge in [0.1, 0.15) is 17.5 Å². The Morgan fingerprint density at radius 1 is 1.21 bits per heavy atom. The van der Waals surface area contributed by atoms with E-state index < -0.39 is 11.6 Å². The first kappa shape index (κ1) is 14.8. The van der Waals surface area contributed by atoms with Crippen LogP contribution >= 0.6 is 0 Å². The molecule has 2 fully saturated rings. The lowest BCUT2D eigenvalue weighted by Crippen LogP contribution is -2.32. The minimum atomic E-state index is -0.737. The Balaban J connectivity index is 1.56. The smallest absolute Gasteiger partial charge is 0.312 e. The number of amides is 3. The molecule has 4 rings (SSSR count). The summed E-state index contributed by atoms with van der Waals surface area (Å²) in [4.78, 5) is 27.3. The highest BCUT2D eigenvalue weighted by atomic mass is 19.1. The molecule has 2 saturated heterocycles. The second-order valence-corrected chi connectivity index (χ2v) is 5.91. The van der Waals surface area contributed by atoms with Gasteiger partial charge in [0.05, 0.1) is 12.2 Å². The van der Waals surface area contributed by atoms with Crippen molar-refractivity contribution in [2.24, 2.45) is 0 Å². The van der Waals surface area contributed by atoms with Crippen molar-refractivity contribution in [2.75, 3.05) is 6.54 Å². The molecule has 3 heterocycles. The van der Waals surface area contributed by atoms with Crippen LogP contribution in [0.4, 0.5) is 13.6 Å². The fraction of sp³-hybridized carbons (Fsp3) is 0.312. The molecule has 3 amide bonds. The number of nitrogens with zero attached hydrogens (tertiary/aromatic N) is 4.